The molecule has 0 saturated heterocycles. The standard InChI is InChI=1S/C15H21N3O4/c1-3-17(9-15(19)20)12-7-11(8-12)16-13-6-10(2)4-5-14(13)18(21)22/h4-6,11-12,16H,3,7-9H2,1-2H3,(H,19,20). The third kappa shape index (κ3) is 3.73. The molecule has 1 aromatic carbocycles. The number of rotatable bonds is 7. The molecule has 2 N–H and O–H groups in total. The number of nitro benzene ring substituents is 1. The highest BCUT2D eigenvalue weighted by atomic mass is 16.6. The zero-order valence-electron chi connectivity index (χ0n) is 12.8. The van der Waals surface area contributed by atoms with Gasteiger partial charge in [-0.05, 0) is 37.9 Å². The molecule has 22 heavy (non-hydrogen) atoms. The lowest BCUT2D eigenvalue weighted by molar-refractivity contribution is -0.384. The summed E-state index contributed by atoms with van der Waals surface area (Å²) in [5.41, 5.74) is 1.58. The lowest BCUT2D eigenvalue weighted by Crippen LogP contribution is -2.51. The van der Waals surface area contributed by atoms with Crippen LogP contribution in [0, 0.1) is 17.0 Å². The van der Waals surface area contributed by atoms with Gasteiger partial charge in [0.1, 0.15) is 5.69 Å². The Morgan fingerprint density at radius 1 is 1.50 bits per heavy atom. The molecule has 7 heteroatoms. The highest BCUT2D eigenvalue weighted by Gasteiger charge is 2.34. The number of carbonyl (C=O) groups is 1. The van der Waals surface area contributed by atoms with E-state index in [0.717, 1.165) is 18.4 Å². The average molecular weight is 307 g/mol. The summed E-state index contributed by atoms with van der Waals surface area (Å²) in [6.07, 6.45) is 1.60. The van der Waals surface area contributed by atoms with Crippen LogP contribution < -0.4 is 5.32 Å². The topological polar surface area (TPSA) is 95.7 Å². The van der Waals surface area contributed by atoms with Gasteiger partial charge in [0.2, 0.25) is 0 Å². The fourth-order valence-electron chi connectivity index (χ4n) is 2.82. The molecule has 2 rings (SSSR count). The number of hydrogen-bond acceptors (Lipinski definition) is 5. The van der Waals surface area contributed by atoms with Gasteiger partial charge in [-0.1, -0.05) is 13.0 Å². The van der Waals surface area contributed by atoms with E-state index in [9.17, 15) is 14.9 Å². The van der Waals surface area contributed by atoms with Crippen molar-refractivity contribution in [2.45, 2.75) is 38.8 Å². The van der Waals surface area contributed by atoms with Crippen molar-refractivity contribution in [1.82, 2.24) is 4.90 Å². The van der Waals surface area contributed by atoms with Crippen LogP contribution >= 0.6 is 0 Å². The number of nitrogens with zero attached hydrogens (tertiary/aromatic N) is 2. The number of anilines is 1. The molecule has 0 aromatic heterocycles. The second kappa shape index (κ2) is 6.74. The first kappa shape index (κ1) is 16.2. The van der Waals surface area contributed by atoms with Gasteiger partial charge in [0.15, 0.2) is 0 Å². The minimum Gasteiger partial charge on any atom is -0.480 e. The predicted octanol–water partition coefficient (Wildman–Crippen LogP) is 2.25. The fraction of sp³-hybridized carbons (Fsp3) is 0.533. The first-order chi connectivity index (χ1) is 10.4. The normalized spacial score (nSPS) is 20.5. The summed E-state index contributed by atoms with van der Waals surface area (Å²) in [6, 6.07) is 5.38. The molecule has 1 aliphatic rings. The van der Waals surface area contributed by atoms with E-state index in [1.807, 2.05) is 18.7 Å². The second-order valence-electron chi connectivity index (χ2n) is 5.70. The van der Waals surface area contributed by atoms with Crippen LogP contribution in [0.1, 0.15) is 25.3 Å². The van der Waals surface area contributed by atoms with Gasteiger partial charge < -0.3 is 10.4 Å². The lowest BCUT2D eigenvalue weighted by atomic mass is 9.85. The summed E-state index contributed by atoms with van der Waals surface area (Å²) in [5.74, 6) is -0.826. The number of nitro groups is 1. The van der Waals surface area contributed by atoms with Gasteiger partial charge in [-0.25, -0.2) is 0 Å². The van der Waals surface area contributed by atoms with E-state index in [0.29, 0.717) is 12.2 Å². The van der Waals surface area contributed by atoms with Crippen molar-refractivity contribution >= 4 is 17.3 Å². The van der Waals surface area contributed by atoms with Gasteiger partial charge in [0.05, 0.1) is 11.5 Å². The lowest BCUT2D eigenvalue weighted by Gasteiger charge is -2.42. The molecule has 0 aliphatic heterocycles. The van der Waals surface area contributed by atoms with Crippen LogP contribution in [-0.2, 0) is 4.79 Å². The Kier molecular flexibility index (Phi) is 4.97. The van der Waals surface area contributed by atoms with Crippen LogP contribution in [-0.4, -0.2) is 46.1 Å². The number of aryl methyl sites for hydroxylation is 1. The van der Waals surface area contributed by atoms with Crippen molar-refractivity contribution < 1.29 is 14.8 Å². The minimum atomic E-state index is -0.826. The summed E-state index contributed by atoms with van der Waals surface area (Å²) < 4.78 is 0. The Labute approximate surface area is 129 Å². The van der Waals surface area contributed by atoms with Crippen LogP contribution in [0.15, 0.2) is 18.2 Å². The molecule has 0 heterocycles. The molecule has 0 atom stereocenters. The largest absolute Gasteiger partial charge is 0.480 e. The van der Waals surface area contributed by atoms with Gasteiger partial charge >= 0.3 is 5.97 Å². The molecule has 1 aliphatic carbocycles. The number of benzene rings is 1. The number of carboxylic acids is 1. The Morgan fingerprint density at radius 2 is 2.18 bits per heavy atom. The molecule has 7 nitrogen and oxygen atoms in total. The summed E-state index contributed by atoms with van der Waals surface area (Å²) in [5, 5.41) is 23.1. The molecule has 120 valence electrons. The number of likely N-dealkylation sites (N-methyl/N-ethyl adjacent to an activating group) is 1. The molecule has 1 aromatic rings. The number of hydrogen-bond donors (Lipinski definition) is 2. The Hall–Kier alpha value is -2.15. The number of nitrogens with one attached hydrogen (secondary N) is 1. The molecule has 1 fully saturated rings. The van der Waals surface area contributed by atoms with Crippen LogP contribution in [0.3, 0.4) is 0 Å². The van der Waals surface area contributed by atoms with Gasteiger partial charge in [0.25, 0.3) is 5.69 Å². The van der Waals surface area contributed by atoms with E-state index >= 15 is 0 Å². The van der Waals surface area contributed by atoms with E-state index in [4.69, 9.17) is 5.11 Å². The van der Waals surface area contributed by atoms with E-state index in [2.05, 4.69) is 5.32 Å². The quantitative estimate of drug-likeness (QED) is 0.592. The van der Waals surface area contributed by atoms with E-state index < -0.39 is 5.97 Å². The predicted molar refractivity (Wildman–Crippen MR) is 83.1 cm³/mol. The summed E-state index contributed by atoms with van der Waals surface area (Å²) in [4.78, 5) is 23.4. The Balaban J connectivity index is 1.96. The minimum absolute atomic E-state index is 0.0402. The summed E-state index contributed by atoms with van der Waals surface area (Å²) >= 11 is 0. The van der Waals surface area contributed by atoms with Crippen molar-refractivity contribution in [2.75, 3.05) is 18.4 Å². The SMILES string of the molecule is CCN(CC(=O)O)C1CC(Nc2cc(C)ccc2[N+](=O)[O-])C1. The van der Waals surface area contributed by atoms with Crippen LogP contribution in [0.5, 0.6) is 0 Å². The van der Waals surface area contributed by atoms with Gasteiger partial charge in [-0.15, -0.1) is 0 Å². The van der Waals surface area contributed by atoms with Crippen LogP contribution in [0.25, 0.3) is 0 Å². The van der Waals surface area contributed by atoms with Crippen molar-refractivity contribution in [1.29, 1.82) is 0 Å². The molecule has 0 amide bonds. The van der Waals surface area contributed by atoms with Crippen molar-refractivity contribution in [2.24, 2.45) is 0 Å². The van der Waals surface area contributed by atoms with Gasteiger partial charge in [0, 0.05) is 18.2 Å². The van der Waals surface area contributed by atoms with Gasteiger partial charge in [-0.3, -0.25) is 19.8 Å². The molecule has 0 unspecified atom stereocenters. The van der Waals surface area contributed by atoms with Crippen molar-refractivity contribution in [3.8, 4) is 0 Å². The summed E-state index contributed by atoms with van der Waals surface area (Å²) in [6.45, 7) is 4.56. The molecule has 0 radical (unpaired) electrons. The molecular formula is C15H21N3O4. The molecule has 0 bridgehead atoms. The van der Waals surface area contributed by atoms with Crippen molar-refractivity contribution in [3.63, 3.8) is 0 Å². The maximum Gasteiger partial charge on any atom is 0.317 e. The zero-order chi connectivity index (χ0) is 16.3. The monoisotopic (exact) mass is 307 g/mol. The van der Waals surface area contributed by atoms with Crippen LogP contribution in [0.4, 0.5) is 11.4 Å². The maximum absolute atomic E-state index is 11.1. The highest BCUT2D eigenvalue weighted by Crippen LogP contribution is 2.32. The van der Waals surface area contributed by atoms with E-state index in [1.165, 1.54) is 6.07 Å². The molecule has 0 spiro atoms. The van der Waals surface area contributed by atoms with E-state index in [1.54, 1.807) is 12.1 Å². The second-order valence-corrected chi connectivity index (χ2v) is 5.70. The Morgan fingerprint density at radius 3 is 2.73 bits per heavy atom. The first-order valence-corrected chi connectivity index (χ1v) is 7.38. The van der Waals surface area contributed by atoms with Crippen LogP contribution in [0.2, 0.25) is 0 Å². The number of carboxylic acid groups (broad SMARTS) is 1. The van der Waals surface area contributed by atoms with Gasteiger partial charge in [-0.2, -0.15) is 0 Å². The van der Waals surface area contributed by atoms with Crippen molar-refractivity contribution in [3.05, 3.63) is 33.9 Å². The molecule has 1 saturated carbocycles. The Bertz CT molecular complexity index is 570. The average Bonchev–Trinajstić information content (AvgIpc) is 2.39. The third-order valence-electron chi connectivity index (χ3n) is 4.08. The maximum atomic E-state index is 11.1. The van der Waals surface area contributed by atoms with E-state index in [-0.39, 0.29) is 29.2 Å². The highest BCUT2D eigenvalue weighted by molar-refractivity contribution is 5.69. The first-order valence-electron chi connectivity index (χ1n) is 7.38. The third-order valence-corrected chi connectivity index (χ3v) is 4.08. The summed E-state index contributed by atoms with van der Waals surface area (Å²) in [7, 11) is 0. The molecular weight excluding hydrogens is 286 g/mol. The number of aliphatic carboxylic acids is 1. The smallest absolute Gasteiger partial charge is 0.317 e. The zero-order valence-corrected chi connectivity index (χ0v) is 12.8. The fourth-order valence-corrected chi connectivity index (χ4v) is 2.82.